The number of oxime groups is 1. The molecule has 0 aliphatic carbocycles. The molecule has 0 amide bonds. The standard InChI is InChI=1S/C16H17FN2O2/c1-10-3-4-12(7-11(10)2)9-21-15-6-5-13(8-14(15)17)16(18)19-20/h3-8,20H,9H2,1-2H3,(H2,18,19). The number of nitrogens with zero attached hydrogens (tertiary/aromatic N) is 1. The number of nitrogens with two attached hydrogens (primary N) is 1. The quantitative estimate of drug-likeness (QED) is 0.393. The third kappa shape index (κ3) is 3.51. The molecular weight excluding hydrogens is 271 g/mol. The lowest BCUT2D eigenvalue weighted by Gasteiger charge is -2.10. The number of benzene rings is 2. The van der Waals surface area contributed by atoms with E-state index in [1.54, 1.807) is 0 Å². The summed E-state index contributed by atoms with van der Waals surface area (Å²) in [5.74, 6) is -0.569. The van der Waals surface area contributed by atoms with E-state index in [9.17, 15) is 4.39 Å². The summed E-state index contributed by atoms with van der Waals surface area (Å²) in [5, 5.41) is 11.4. The maximum Gasteiger partial charge on any atom is 0.170 e. The summed E-state index contributed by atoms with van der Waals surface area (Å²) in [6.07, 6.45) is 0. The van der Waals surface area contributed by atoms with Crippen molar-refractivity contribution in [2.24, 2.45) is 10.9 Å². The van der Waals surface area contributed by atoms with Crippen LogP contribution in [-0.2, 0) is 6.61 Å². The highest BCUT2D eigenvalue weighted by Crippen LogP contribution is 2.20. The fraction of sp³-hybridized carbons (Fsp3) is 0.188. The van der Waals surface area contributed by atoms with Gasteiger partial charge in [0, 0.05) is 5.56 Å². The van der Waals surface area contributed by atoms with Crippen LogP contribution in [0.15, 0.2) is 41.6 Å². The summed E-state index contributed by atoms with van der Waals surface area (Å²) in [5.41, 5.74) is 9.04. The van der Waals surface area contributed by atoms with Gasteiger partial charge in [0.15, 0.2) is 17.4 Å². The maximum absolute atomic E-state index is 13.9. The summed E-state index contributed by atoms with van der Waals surface area (Å²) in [7, 11) is 0. The largest absolute Gasteiger partial charge is 0.486 e. The molecule has 4 nitrogen and oxygen atoms in total. The summed E-state index contributed by atoms with van der Waals surface area (Å²) < 4.78 is 19.3. The van der Waals surface area contributed by atoms with Crippen LogP contribution in [0.4, 0.5) is 4.39 Å². The van der Waals surface area contributed by atoms with Gasteiger partial charge in [0.25, 0.3) is 0 Å². The molecule has 2 rings (SSSR count). The SMILES string of the molecule is Cc1ccc(COc2ccc(/C(N)=N/O)cc2F)cc1C. The Morgan fingerprint density at radius 2 is 1.95 bits per heavy atom. The normalized spacial score (nSPS) is 11.5. The minimum absolute atomic E-state index is 0.128. The maximum atomic E-state index is 13.9. The minimum atomic E-state index is -0.553. The molecule has 5 heteroatoms. The summed E-state index contributed by atoms with van der Waals surface area (Å²) in [4.78, 5) is 0. The smallest absolute Gasteiger partial charge is 0.170 e. The van der Waals surface area contributed by atoms with Crippen molar-refractivity contribution in [3.63, 3.8) is 0 Å². The average molecular weight is 288 g/mol. The van der Waals surface area contributed by atoms with Crippen LogP contribution in [0.2, 0.25) is 0 Å². The van der Waals surface area contributed by atoms with Gasteiger partial charge in [-0.1, -0.05) is 23.4 Å². The molecule has 0 spiro atoms. The van der Waals surface area contributed by atoms with Gasteiger partial charge in [-0.05, 0) is 48.7 Å². The first kappa shape index (κ1) is 14.8. The van der Waals surface area contributed by atoms with Gasteiger partial charge in [-0.15, -0.1) is 0 Å². The molecule has 2 aromatic carbocycles. The Morgan fingerprint density at radius 3 is 2.57 bits per heavy atom. The molecule has 0 aliphatic heterocycles. The van der Waals surface area contributed by atoms with Crippen molar-refractivity contribution in [1.82, 2.24) is 0 Å². The van der Waals surface area contributed by atoms with Gasteiger partial charge < -0.3 is 15.7 Å². The van der Waals surface area contributed by atoms with Crippen LogP contribution >= 0.6 is 0 Å². The topological polar surface area (TPSA) is 67.8 Å². The van der Waals surface area contributed by atoms with E-state index in [2.05, 4.69) is 5.16 Å². The molecule has 0 fully saturated rings. The monoisotopic (exact) mass is 288 g/mol. The predicted molar refractivity (Wildman–Crippen MR) is 79.2 cm³/mol. The van der Waals surface area contributed by atoms with Crippen molar-refractivity contribution in [2.45, 2.75) is 20.5 Å². The zero-order valence-electron chi connectivity index (χ0n) is 11.9. The lowest BCUT2D eigenvalue weighted by Crippen LogP contribution is -2.13. The van der Waals surface area contributed by atoms with E-state index in [1.165, 1.54) is 29.3 Å². The Morgan fingerprint density at radius 1 is 1.19 bits per heavy atom. The summed E-state index contributed by atoms with van der Waals surface area (Å²) in [6.45, 7) is 4.33. The first-order valence-electron chi connectivity index (χ1n) is 6.47. The Labute approximate surface area is 122 Å². The number of rotatable bonds is 4. The molecule has 0 atom stereocenters. The molecule has 3 N–H and O–H groups in total. The van der Waals surface area contributed by atoms with E-state index in [-0.39, 0.29) is 18.2 Å². The van der Waals surface area contributed by atoms with Crippen LogP contribution < -0.4 is 10.5 Å². The molecular formula is C16H17FN2O2. The van der Waals surface area contributed by atoms with Crippen LogP contribution in [0.3, 0.4) is 0 Å². The highest BCUT2D eigenvalue weighted by Gasteiger charge is 2.08. The van der Waals surface area contributed by atoms with Crippen LogP contribution in [-0.4, -0.2) is 11.0 Å². The van der Waals surface area contributed by atoms with Gasteiger partial charge in [-0.3, -0.25) is 0 Å². The fourth-order valence-corrected chi connectivity index (χ4v) is 1.89. The summed E-state index contributed by atoms with van der Waals surface area (Å²) >= 11 is 0. The van der Waals surface area contributed by atoms with Gasteiger partial charge in [0.05, 0.1) is 0 Å². The Bertz CT molecular complexity index is 684. The van der Waals surface area contributed by atoms with Crippen molar-refractivity contribution >= 4 is 5.84 Å². The second kappa shape index (κ2) is 6.26. The number of hydrogen-bond donors (Lipinski definition) is 2. The molecule has 0 heterocycles. The highest BCUT2D eigenvalue weighted by atomic mass is 19.1. The lowest BCUT2D eigenvalue weighted by atomic mass is 10.1. The Hall–Kier alpha value is -2.56. The van der Waals surface area contributed by atoms with Gasteiger partial charge >= 0.3 is 0 Å². The van der Waals surface area contributed by atoms with Crippen LogP contribution in [0.5, 0.6) is 5.75 Å². The van der Waals surface area contributed by atoms with E-state index >= 15 is 0 Å². The van der Waals surface area contributed by atoms with Gasteiger partial charge in [0.1, 0.15) is 6.61 Å². The molecule has 0 bridgehead atoms. The van der Waals surface area contributed by atoms with Crippen LogP contribution in [0.25, 0.3) is 0 Å². The third-order valence-electron chi connectivity index (χ3n) is 3.30. The molecule has 2 aromatic rings. The third-order valence-corrected chi connectivity index (χ3v) is 3.30. The fourth-order valence-electron chi connectivity index (χ4n) is 1.89. The van der Waals surface area contributed by atoms with Gasteiger partial charge in [-0.2, -0.15) is 0 Å². The number of amidine groups is 1. The van der Waals surface area contributed by atoms with Crippen LogP contribution in [0.1, 0.15) is 22.3 Å². The minimum Gasteiger partial charge on any atom is -0.486 e. The number of hydrogen-bond acceptors (Lipinski definition) is 3. The zero-order chi connectivity index (χ0) is 15.4. The molecule has 0 saturated carbocycles. The van der Waals surface area contributed by atoms with Crippen molar-refractivity contribution in [3.05, 3.63) is 64.5 Å². The molecule has 0 unspecified atom stereocenters. The summed E-state index contributed by atoms with van der Waals surface area (Å²) in [6, 6.07) is 10.1. The van der Waals surface area contributed by atoms with Gasteiger partial charge in [-0.25, -0.2) is 4.39 Å². The molecule has 0 radical (unpaired) electrons. The predicted octanol–water partition coefficient (Wildman–Crippen LogP) is 3.12. The second-order valence-electron chi connectivity index (χ2n) is 4.84. The van der Waals surface area contributed by atoms with E-state index in [4.69, 9.17) is 15.7 Å². The first-order valence-corrected chi connectivity index (χ1v) is 6.47. The Kier molecular flexibility index (Phi) is 4.42. The molecule has 21 heavy (non-hydrogen) atoms. The molecule has 0 aliphatic rings. The van der Waals surface area contributed by atoms with Crippen LogP contribution in [0, 0.1) is 19.7 Å². The molecule has 0 saturated heterocycles. The van der Waals surface area contributed by atoms with Crippen molar-refractivity contribution in [2.75, 3.05) is 0 Å². The lowest BCUT2D eigenvalue weighted by molar-refractivity contribution is 0.290. The zero-order valence-corrected chi connectivity index (χ0v) is 11.9. The van der Waals surface area contributed by atoms with E-state index in [0.29, 0.717) is 5.56 Å². The average Bonchev–Trinajstić information content (AvgIpc) is 2.48. The van der Waals surface area contributed by atoms with E-state index in [1.807, 2.05) is 32.0 Å². The van der Waals surface area contributed by atoms with Crippen molar-refractivity contribution < 1.29 is 14.3 Å². The van der Waals surface area contributed by atoms with E-state index < -0.39 is 5.82 Å². The van der Waals surface area contributed by atoms with Gasteiger partial charge in [0.2, 0.25) is 0 Å². The first-order chi connectivity index (χ1) is 10.0. The van der Waals surface area contributed by atoms with E-state index in [0.717, 1.165) is 5.56 Å². The Balaban J connectivity index is 2.11. The molecule has 110 valence electrons. The molecule has 0 aromatic heterocycles. The number of halogens is 1. The second-order valence-corrected chi connectivity index (χ2v) is 4.84. The van der Waals surface area contributed by atoms with Crippen molar-refractivity contribution in [3.8, 4) is 5.75 Å². The number of aryl methyl sites for hydroxylation is 2. The highest BCUT2D eigenvalue weighted by molar-refractivity contribution is 5.97. The number of ether oxygens (including phenoxy) is 1. The van der Waals surface area contributed by atoms with Crippen molar-refractivity contribution in [1.29, 1.82) is 0 Å².